The molecule has 1 saturated carbocycles. The lowest BCUT2D eigenvalue weighted by Crippen LogP contribution is -2.36. The highest BCUT2D eigenvalue weighted by molar-refractivity contribution is 5.81. The fourth-order valence-electron chi connectivity index (χ4n) is 2.38. The Morgan fingerprint density at radius 3 is 2.55 bits per heavy atom. The van der Waals surface area contributed by atoms with Gasteiger partial charge in [0.05, 0.1) is 17.7 Å². The first-order valence-corrected chi connectivity index (χ1v) is 6.70. The standard InChI is InChI=1S/C15H16N4O/c16-8-11-5-6-14(7-12(11)9-17)18-10-15(20)19-13-3-1-2-4-13/h5-7,13,18H,1-4,10H2,(H,19,20). The number of benzene rings is 1. The van der Waals surface area contributed by atoms with E-state index in [9.17, 15) is 4.79 Å². The van der Waals surface area contributed by atoms with Gasteiger partial charge in [-0.1, -0.05) is 12.8 Å². The normalized spacial score (nSPS) is 14.3. The molecule has 20 heavy (non-hydrogen) atoms. The number of nitrogens with one attached hydrogen (secondary N) is 2. The number of carbonyl (C=O) groups is 1. The predicted molar refractivity (Wildman–Crippen MR) is 74.8 cm³/mol. The third-order valence-electron chi connectivity index (χ3n) is 3.43. The topological polar surface area (TPSA) is 88.7 Å². The second kappa shape index (κ2) is 6.58. The Hall–Kier alpha value is -2.53. The Morgan fingerprint density at radius 2 is 1.90 bits per heavy atom. The quantitative estimate of drug-likeness (QED) is 0.872. The first kappa shape index (κ1) is 13.9. The van der Waals surface area contributed by atoms with Gasteiger partial charge in [-0.2, -0.15) is 10.5 Å². The second-order valence-electron chi connectivity index (χ2n) is 4.89. The predicted octanol–water partition coefficient (Wildman–Crippen LogP) is 1.90. The molecular formula is C15H16N4O. The summed E-state index contributed by atoms with van der Waals surface area (Å²) >= 11 is 0. The smallest absolute Gasteiger partial charge is 0.239 e. The lowest BCUT2D eigenvalue weighted by Gasteiger charge is -2.13. The van der Waals surface area contributed by atoms with Gasteiger partial charge in [-0.25, -0.2) is 0 Å². The Bertz CT molecular complexity index is 577. The molecule has 0 atom stereocenters. The van der Waals surface area contributed by atoms with Gasteiger partial charge >= 0.3 is 0 Å². The summed E-state index contributed by atoms with van der Waals surface area (Å²) < 4.78 is 0. The van der Waals surface area contributed by atoms with E-state index >= 15 is 0 Å². The van der Waals surface area contributed by atoms with Gasteiger partial charge in [0.1, 0.15) is 12.1 Å². The van der Waals surface area contributed by atoms with Crippen LogP contribution in [0.2, 0.25) is 0 Å². The lowest BCUT2D eigenvalue weighted by atomic mass is 10.1. The highest BCUT2D eigenvalue weighted by atomic mass is 16.1. The third kappa shape index (κ3) is 3.49. The molecule has 1 aromatic rings. The first-order valence-electron chi connectivity index (χ1n) is 6.70. The third-order valence-corrected chi connectivity index (χ3v) is 3.43. The van der Waals surface area contributed by atoms with Crippen molar-refractivity contribution in [2.75, 3.05) is 11.9 Å². The molecule has 5 nitrogen and oxygen atoms in total. The van der Waals surface area contributed by atoms with Crippen molar-refractivity contribution in [2.24, 2.45) is 0 Å². The van der Waals surface area contributed by atoms with Crippen molar-refractivity contribution in [2.45, 2.75) is 31.7 Å². The highest BCUT2D eigenvalue weighted by Crippen LogP contribution is 2.17. The minimum atomic E-state index is -0.0419. The zero-order valence-corrected chi connectivity index (χ0v) is 11.1. The Balaban J connectivity index is 1.89. The highest BCUT2D eigenvalue weighted by Gasteiger charge is 2.16. The lowest BCUT2D eigenvalue weighted by molar-refractivity contribution is -0.120. The molecule has 1 amide bonds. The molecular weight excluding hydrogens is 252 g/mol. The van der Waals surface area contributed by atoms with Crippen molar-refractivity contribution in [3.63, 3.8) is 0 Å². The molecule has 0 bridgehead atoms. The van der Waals surface area contributed by atoms with Crippen LogP contribution in [0, 0.1) is 22.7 Å². The average Bonchev–Trinajstić information content (AvgIpc) is 2.97. The van der Waals surface area contributed by atoms with E-state index in [1.807, 2.05) is 12.1 Å². The van der Waals surface area contributed by atoms with Crippen molar-refractivity contribution >= 4 is 11.6 Å². The van der Waals surface area contributed by atoms with E-state index in [0.29, 0.717) is 22.9 Å². The fraction of sp³-hybridized carbons (Fsp3) is 0.400. The van der Waals surface area contributed by atoms with Crippen LogP contribution in [-0.2, 0) is 4.79 Å². The minimum Gasteiger partial charge on any atom is -0.376 e. The summed E-state index contributed by atoms with van der Waals surface area (Å²) in [6.07, 6.45) is 4.47. The number of anilines is 1. The van der Waals surface area contributed by atoms with Gasteiger partial charge in [0.15, 0.2) is 0 Å². The van der Waals surface area contributed by atoms with Crippen LogP contribution in [0.25, 0.3) is 0 Å². The Morgan fingerprint density at radius 1 is 1.20 bits per heavy atom. The number of carbonyl (C=O) groups excluding carboxylic acids is 1. The van der Waals surface area contributed by atoms with Crippen molar-refractivity contribution in [1.82, 2.24) is 5.32 Å². The molecule has 1 fully saturated rings. The van der Waals surface area contributed by atoms with Crippen LogP contribution < -0.4 is 10.6 Å². The first-order chi connectivity index (χ1) is 9.72. The van der Waals surface area contributed by atoms with Gasteiger partial charge in [0.25, 0.3) is 0 Å². The molecule has 0 aliphatic heterocycles. The molecule has 0 saturated heterocycles. The maximum absolute atomic E-state index is 11.8. The van der Waals surface area contributed by atoms with Crippen molar-refractivity contribution in [3.8, 4) is 12.1 Å². The number of nitriles is 2. The van der Waals surface area contributed by atoms with E-state index in [-0.39, 0.29) is 12.5 Å². The molecule has 0 radical (unpaired) electrons. The van der Waals surface area contributed by atoms with Crippen LogP contribution in [0.4, 0.5) is 5.69 Å². The maximum atomic E-state index is 11.8. The van der Waals surface area contributed by atoms with Crippen LogP contribution in [0.5, 0.6) is 0 Å². The minimum absolute atomic E-state index is 0.0419. The molecule has 2 rings (SSSR count). The van der Waals surface area contributed by atoms with E-state index in [1.54, 1.807) is 18.2 Å². The molecule has 2 N–H and O–H groups in total. The summed E-state index contributed by atoms with van der Waals surface area (Å²) in [6, 6.07) is 9.09. The number of nitrogens with zero attached hydrogens (tertiary/aromatic N) is 2. The maximum Gasteiger partial charge on any atom is 0.239 e. The van der Waals surface area contributed by atoms with Gasteiger partial charge in [0.2, 0.25) is 5.91 Å². The van der Waals surface area contributed by atoms with E-state index in [4.69, 9.17) is 10.5 Å². The van der Waals surface area contributed by atoms with Crippen LogP contribution in [0.1, 0.15) is 36.8 Å². The van der Waals surface area contributed by atoms with Gasteiger partial charge < -0.3 is 10.6 Å². The van der Waals surface area contributed by atoms with Crippen LogP contribution in [0.3, 0.4) is 0 Å². The average molecular weight is 268 g/mol. The fourth-order valence-corrected chi connectivity index (χ4v) is 2.38. The van der Waals surface area contributed by atoms with Gasteiger partial charge in [-0.3, -0.25) is 4.79 Å². The molecule has 102 valence electrons. The number of hydrogen-bond acceptors (Lipinski definition) is 4. The van der Waals surface area contributed by atoms with Crippen LogP contribution in [-0.4, -0.2) is 18.5 Å². The van der Waals surface area contributed by atoms with Crippen LogP contribution >= 0.6 is 0 Å². The molecule has 0 unspecified atom stereocenters. The second-order valence-corrected chi connectivity index (χ2v) is 4.89. The van der Waals surface area contributed by atoms with Crippen LogP contribution in [0.15, 0.2) is 18.2 Å². The van der Waals surface area contributed by atoms with Crippen molar-refractivity contribution < 1.29 is 4.79 Å². The van der Waals surface area contributed by atoms with Gasteiger partial charge in [-0.15, -0.1) is 0 Å². The number of amides is 1. The summed E-state index contributed by atoms with van der Waals surface area (Å²) in [6.45, 7) is 0.174. The Kier molecular flexibility index (Phi) is 4.57. The van der Waals surface area contributed by atoms with E-state index in [2.05, 4.69) is 10.6 Å². The van der Waals surface area contributed by atoms with Crippen molar-refractivity contribution in [3.05, 3.63) is 29.3 Å². The monoisotopic (exact) mass is 268 g/mol. The molecule has 0 aromatic heterocycles. The summed E-state index contributed by atoms with van der Waals surface area (Å²) in [4.78, 5) is 11.8. The number of rotatable bonds is 4. The van der Waals surface area contributed by atoms with Gasteiger partial charge in [-0.05, 0) is 31.0 Å². The summed E-state index contributed by atoms with van der Waals surface area (Å²) in [5.74, 6) is -0.0419. The summed E-state index contributed by atoms with van der Waals surface area (Å²) in [5.41, 5.74) is 1.32. The molecule has 5 heteroatoms. The van der Waals surface area contributed by atoms with E-state index in [0.717, 1.165) is 12.8 Å². The molecule has 0 heterocycles. The zero-order valence-electron chi connectivity index (χ0n) is 11.1. The largest absolute Gasteiger partial charge is 0.376 e. The molecule has 1 aliphatic rings. The summed E-state index contributed by atoms with van der Waals surface area (Å²) in [7, 11) is 0. The number of hydrogen-bond donors (Lipinski definition) is 2. The van der Waals surface area contributed by atoms with Crippen molar-refractivity contribution in [1.29, 1.82) is 10.5 Å². The Labute approximate surface area is 118 Å². The zero-order chi connectivity index (χ0) is 14.4. The molecule has 0 spiro atoms. The summed E-state index contributed by atoms with van der Waals surface area (Å²) in [5, 5.41) is 23.7. The van der Waals surface area contributed by atoms with E-state index < -0.39 is 0 Å². The van der Waals surface area contributed by atoms with E-state index in [1.165, 1.54) is 12.8 Å². The SMILES string of the molecule is N#Cc1ccc(NCC(=O)NC2CCCC2)cc1C#N. The van der Waals surface area contributed by atoms with Gasteiger partial charge in [0, 0.05) is 11.7 Å². The molecule has 1 aliphatic carbocycles. The molecule has 1 aromatic carbocycles.